The fourth-order valence-electron chi connectivity index (χ4n) is 2.36. The third kappa shape index (κ3) is 2.60. The second-order valence-corrected chi connectivity index (χ2v) is 5.01. The Morgan fingerprint density at radius 1 is 1.35 bits per heavy atom. The summed E-state index contributed by atoms with van der Waals surface area (Å²) >= 11 is 0. The Balaban J connectivity index is 2.00. The van der Waals surface area contributed by atoms with Gasteiger partial charge in [0.1, 0.15) is 0 Å². The van der Waals surface area contributed by atoms with E-state index in [0.29, 0.717) is 18.4 Å². The lowest BCUT2D eigenvalue weighted by atomic mass is 10.0. The number of nitrogens with zero attached hydrogens (tertiary/aromatic N) is 1. The molecule has 0 spiro atoms. The van der Waals surface area contributed by atoms with Crippen LogP contribution in [-0.2, 0) is 11.2 Å². The van der Waals surface area contributed by atoms with Crippen molar-refractivity contribution in [3.8, 4) is 0 Å². The van der Waals surface area contributed by atoms with Crippen LogP contribution in [0.4, 0.5) is 5.69 Å². The SMILES string of the molecule is CC1CCN(C(=O)Cc2ccc(N)cc2)C1C. The minimum Gasteiger partial charge on any atom is -0.399 e. The molecule has 2 unspecified atom stereocenters. The fraction of sp³-hybridized carbons (Fsp3) is 0.500. The molecule has 1 fully saturated rings. The van der Waals surface area contributed by atoms with Crippen molar-refractivity contribution in [2.45, 2.75) is 32.7 Å². The Morgan fingerprint density at radius 2 is 2.00 bits per heavy atom. The molecule has 0 bridgehead atoms. The van der Waals surface area contributed by atoms with E-state index < -0.39 is 0 Å². The maximum absolute atomic E-state index is 12.2. The number of benzene rings is 1. The normalized spacial score (nSPS) is 24.0. The van der Waals surface area contributed by atoms with Crippen LogP contribution in [0.1, 0.15) is 25.8 Å². The van der Waals surface area contributed by atoms with E-state index >= 15 is 0 Å². The monoisotopic (exact) mass is 232 g/mol. The van der Waals surface area contributed by atoms with Crippen LogP contribution in [0.3, 0.4) is 0 Å². The van der Waals surface area contributed by atoms with Crippen molar-refractivity contribution < 1.29 is 4.79 Å². The zero-order chi connectivity index (χ0) is 12.4. The topological polar surface area (TPSA) is 46.3 Å². The van der Waals surface area contributed by atoms with Crippen LogP contribution in [0.5, 0.6) is 0 Å². The average Bonchev–Trinajstić information content (AvgIpc) is 2.63. The minimum atomic E-state index is 0.228. The largest absolute Gasteiger partial charge is 0.399 e. The first-order valence-corrected chi connectivity index (χ1v) is 6.22. The van der Waals surface area contributed by atoms with E-state index in [0.717, 1.165) is 24.2 Å². The van der Waals surface area contributed by atoms with Crippen LogP contribution >= 0.6 is 0 Å². The summed E-state index contributed by atoms with van der Waals surface area (Å²) in [6, 6.07) is 7.92. The predicted octanol–water partition coefficient (Wildman–Crippen LogP) is 2.07. The number of likely N-dealkylation sites (tertiary alicyclic amines) is 1. The maximum Gasteiger partial charge on any atom is 0.227 e. The van der Waals surface area contributed by atoms with Gasteiger partial charge in [0.05, 0.1) is 6.42 Å². The molecule has 0 radical (unpaired) electrons. The highest BCUT2D eigenvalue weighted by Crippen LogP contribution is 2.24. The van der Waals surface area contributed by atoms with Crippen molar-refractivity contribution in [1.82, 2.24) is 4.90 Å². The van der Waals surface area contributed by atoms with Gasteiger partial charge in [-0.25, -0.2) is 0 Å². The van der Waals surface area contributed by atoms with E-state index in [2.05, 4.69) is 13.8 Å². The third-order valence-electron chi connectivity index (χ3n) is 3.80. The molecule has 3 nitrogen and oxygen atoms in total. The molecule has 0 saturated carbocycles. The highest BCUT2D eigenvalue weighted by Gasteiger charge is 2.30. The summed E-state index contributed by atoms with van der Waals surface area (Å²) in [6.07, 6.45) is 1.60. The van der Waals surface area contributed by atoms with Crippen LogP contribution in [0, 0.1) is 5.92 Å². The van der Waals surface area contributed by atoms with Gasteiger partial charge in [0.25, 0.3) is 0 Å². The molecule has 1 aromatic rings. The molecule has 2 N–H and O–H groups in total. The summed E-state index contributed by atoms with van der Waals surface area (Å²) in [5.41, 5.74) is 7.40. The van der Waals surface area contributed by atoms with Gasteiger partial charge in [-0.15, -0.1) is 0 Å². The number of carbonyl (C=O) groups excluding carboxylic acids is 1. The van der Waals surface area contributed by atoms with Crippen molar-refractivity contribution in [2.75, 3.05) is 12.3 Å². The lowest BCUT2D eigenvalue weighted by molar-refractivity contribution is -0.131. The van der Waals surface area contributed by atoms with Gasteiger partial charge in [-0.2, -0.15) is 0 Å². The number of anilines is 1. The van der Waals surface area contributed by atoms with Gasteiger partial charge in [0, 0.05) is 18.3 Å². The lowest BCUT2D eigenvalue weighted by Crippen LogP contribution is -2.36. The van der Waals surface area contributed by atoms with E-state index in [9.17, 15) is 4.79 Å². The van der Waals surface area contributed by atoms with Gasteiger partial charge in [-0.1, -0.05) is 19.1 Å². The molecule has 1 heterocycles. The van der Waals surface area contributed by atoms with Gasteiger partial charge in [-0.3, -0.25) is 4.79 Å². The average molecular weight is 232 g/mol. The first-order chi connectivity index (χ1) is 8.08. The van der Waals surface area contributed by atoms with Gasteiger partial charge >= 0.3 is 0 Å². The number of nitrogens with two attached hydrogens (primary N) is 1. The molecule has 1 aliphatic rings. The quantitative estimate of drug-likeness (QED) is 0.793. The molecular weight excluding hydrogens is 212 g/mol. The maximum atomic E-state index is 12.2. The Kier molecular flexibility index (Phi) is 3.36. The number of rotatable bonds is 2. The molecule has 17 heavy (non-hydrogen) atoms. The fourth-order valence-corrected chi connectivity index (χ4v) is 2.36. The van der Waals surface area contributed by atoms with Gasteiger partial charge in [0.2, 0.25) is 5.91 Å². The van der Waals surface area contributed by atoms with Crippen molar-refractivity contribution in [3.63, 3.8) is 0 Å². The smallest absolute Gasteiger partial charge is 0.227 e. The lowest BCUT2D eigenvalue weighted by Gasteiger charge is -2.23. The molecule has 1 aromatic carbocycles. The molecule has 3 heteroatoms. The third-order valence-corrected chi connectivity index (χ3v) is 3.80. The summed E-state index contributed by atoms with van der Waals surface area (Å²) in [5.74, 6) is 0.844. The van der Waals surface area contributed by atoms with Crippen LogP contribution in [0.15, 0.2) is 24.3 Å². The Morgan fingerprint density at radius 3 is 2.53 bits per heavy atom. The molecule has 92 valence electrons. The predicted molar refractivity (Wildman–Crippen MR) is 69.5 cm³/mol. The van der Waals surface area contributed by atoms with Crippen molar-refractivity contribution >= 4 is 11.6 Å². The van der Waals surface area contributed by atoms with E-state index in [4.69, 9.17) is 5.73 Å². The molecule has 2 atom stereocenters. The second kappa shape index (κ2) is 4.78. The van der Waals surface area contributed by atoms with Crippen molar-refractivity contribution in [1.29, 1.82) is 0 Å². The summed E-state index contributed by atoms with van der Waals surface area (Å²) in [6.45, 7) is 5.25. The van der Waals surface area contributed by atoms with Gasteiger partial charge in [-0.05, 0) is 37.0 Å². The highest BCUT2D eigenvalue weighted by molar-refractivity contribution is 5.79. The van der Waals surface area contributed by atoms with Crippen molar-refractivity contribution in [3.05, 3.63) is 29.8 Å². The number of hydrogen-bond acceptors (Lipinski definition) is 2. The zero-order valence-corrected chi connectivity index (χ0v) is 10.5. The standard InChI is InChI=1S/C14H20N2O/c1-10-7-8-16(11(10)2)14(17)9-12-3-5-13(15)6-4-12/h3-6,10-11H,7-9,15H2,1-2H3. The number of hydrogen-bond donors (Lipinski definition) is 1. The molecule has 0 aliphatic carbocycles. The first-order valence-electron chi connectivity index (χ1n) is 6.22. The van der Waals surface area contributed by atoms with E-state index in [-0.39, 0.29) is 5.91 Å². The van der Waals surface area contributed by atoms with Crippen LogP contribution < -0.4 is 5.73 Å². The number of amides is 1. The van der Waals surface area contributed by atoms with Crippen LogP contribution in [0.2, 0.25) is 0 Å². The molecule has 0 aromatic heterocycles. The van der Waals surface area contributed by atoms with Crippen LogP contribution in [-0.4, -0.2) is 23.4 Å². The summed E-state index contributed by atoms with van der Waals surface area (Å²) in [5, 5.41) is 0. The molecular formula is C14H20N2O. The van der Waals surface area contributed by atoms with E-state index in [1.807, 2.05) is 29.2 Å². The zero-order valence-electron chi connectivity index (χ0n) is 10.5. The van der Waals surface area contributed by atoms with Gasteiger partial charge < -0.3 is 10.6 Å². The van der Waals surface area contributed by atoms with E-state index in [1.54, 1.807) is 0 Å². The Labute approximate surface area is 103 Å². The summed E-state index contributed by atoms with van der Waals surface area (Å²) in [4.78, 5) is 14.2. The number of carbonyl (C=O) groups is 1. The minimum absolute atomic E-state index is 0.228. The van der Waals surface area contributed by atoms with Crippen LogP contribution in [0.25, 0.3) is 0 Å². The first kappa shape index (κ1) is 12.0. The highest BCUT2D eigenvalue weighted by atomic mass is 16.2. The molecule has 1 saturated heterocycles. The van der Waals surface area contributed by atoms with Crippen molar-refractivity contribution in [2.24, 2.45) is 5.92 Å². The molecule has 2 rings (SSSR count). The Bertz CT molecular complexity index is 399. The second-order valence-electron chi connectivity index (χ2n) is 5.01. The molecule has 1 amide bonds. The molecule has 1 aliphatic heterocycles. The summed E-state index contributed by atoms with van der Waals surface area (Å²) < 4.78 is 0. The number of nitrogen functional groups attached to an aromatic ring is 1. The van der Waals surface area contributed by atoms with Gasteiger partial charge in [0.15, 0.2) is 0 Å². The Hall–Kier alpha value is -1.51. The summed E-state index contributed by atoms with van der Waals surface area (Å²) in [7, 11) is 0. The van der Waals surface area contributed by atoms with E-state index in [1.165, 1.54) is 0 Å².